The van der Waals surface area contributed by atoms with Crippen LogP contribution in [0, 0.1) is 5.92 Å². The summed E-state index contributed by atoms with van der Waals surface area (Å²) in [4.78, 5) is 10.9. The lowest BCUT2D eigenvalue weighted by Gasteiger charge is -2.32. The highest BCUT2D eigenvalue weighted by atomic mass is 16.5. The van der Waals surface area contributed by atoms with Gasteiger partial charge < -0.3 is 9.84 Å². The normalized spacial score (nSPS) is 21.6. The molecule has 0 amide bonds. The number of hydrogen-bond donors (Lipinski definition) is 1. The predicted molar refractivity (Wildman–Crippen MR) is 107 cm³/mol. The molecule has 1 saturated carbocycles. The van der Waals surface area contributed by atoms with Crippen LogP contribution in [0.4, 0.5) is 0 Å². The van der Waals surface area contributed by atoms with Gasteiger partial charge in [0.05, 0.1) is 6.10 Å². The van der Waals surface area contributed by atoms with Crippen molar-refractivity contribution in [1.82, 2.24) is 0 Å². The van der Waals surface area contributed by atoms with Gasteiger partial charge in [0.1, 0.15) is 6.61 Å². The van der Waals surface area contributed by atoms with Crippen molar-refractivity contribution in [3.63, 3.8) is 0 Å². The van der Waals surface area contributed by atoms with Crippen molar-refractivity contribution in [3.8, 4) is 0 Å². The van der Waals surface area contributed by atoms with Gasteiger partial charge in [-0.25, -0.2) is 4.79 Å². The summed E-state index contributed by atoms with van der Waals surface area (Å²) in [5, 5.41) is 8.95. The van der Waals surface area contributed by atoms with Gasteiger partial charge in [0, 0.05) is 0 Å². The highest BCUT2D eigenvalue weighted by molar-refractivity contribution is 5.68. The van der Waals surface area contributed by atoms with Crippen LogP contribution in [0.3, 0.4) is 0 Å². The van der Waals surface area contributed by atoms with E-state index in [9.17, 15) is 4.79 Å². The summed E-state index contributed by atoms with van der Waals surface area (Å²) in [6, 6.07) is 7.04. The molecule has 1 aliphatic rings. The largest absolute Gasteiger partial charge is 0.480 e. The molecule has 0 saturated heterocycles. The van der Waals surface area contributed by atoms with E-state index in [1.807, 2.05) is 0 Å². The van der Waals surface area contributed by atoms with E-state index < -0.39 is 5.97 Å². The van der Waals surface area contributed by atoms with E-state index in [-0.39, 0.29) is 23.5 Å². The molecule has 0 spiro atoms. The van der Waals surface area contributed by atoms with Crippen LogP contribution in [0.2, 0.25) is 0 Å². The molecule has 0 unspecified atom stereocenters. The zero-order chi connectivity index (χ0) is 19.5. The summed E-state index contributed by atoms with van der Waals surface area (Å²) in [5.74, 6) is -0.467. The summed E-state index contributed by atoms with van der Waals surface area (Å²) < 4.78 is 5.72. The molecule has 0 heterocycles. The Morgan fingerprint density at radius 3 is 2.04 bits per heavy atom. The molecule has 3 heteroatoms. The molecule has 0 aliphatic heterocycles. The van der Waals surface area contributed by atoms with Gasteiger partial charge in [-0.3, -0.25) is 0 Å². The van der Waals surface area contributed by atoms with Crippen LogP contribution in [0.15, 0.2) is 18.2 Å². The Labute approximate surface area is 159 Å². The van der Waals surface area contributed by atoms with Gasteiger partial charge in [-0.1, -0.05) is 72.6 Å². The third-order valence-electron chi connectivity index (χ3n) is 5.48. The van der Waals surface area contributed by atoms with Gasteiger partial charge in [-0.2, -0.15) is 0 Å². The number of rotatable bonds is 5. The minimum absolute atomic E-state index is 0.0660. The van der Waals surface area contributed by atoms with Crippen LogP contribution < -0.4 is 0 Å². The van der Waals surface area contributed by atoms with Crippen LogP contribution >= 0.6 is 0 Å². The Morgan fingerprint density at radius 1 is 1.00 bits per heavy atom. The predicted octanol–water partition coefficient (Wildman–Crippen LogP) is 5.48. The van der Waals surface area contributed by atoms with Gasteiger partial charge >= 0.3 is 5.97 Å². The number of benzene rings is 1. The number of ether oxygens (including phenoxy) is 1. The second-order valence-corrected chi connectivity index (χ2v) is 9.91. The molecule has 1 N–H and O–H groups in total. The fourth-order valence-electron chi connectivity index (χ4n) is 3.78. The van der Waals surface area contributed by atoms with Crippen LogP contribution in [0.25, 0.3) is 0 Å². The molecule has 0 radical (unpaired) electrons. The number of aliphatic carboxylic acids is 1. The fourth-order valence-corrected chi connectivity index (χ4v) is 3.78. The number of carbonyl (C=O) groups is 1. The third-order valence-corrected chi connectivity index (χ3v) is 5.48. The molecule has 1 aromatic rings. The molecule has 1 aliphatic carbocycles. The summed E-state index contributed by atoms with van der Waals surface area (Å²) in [7, 11) is 0. The molecule has 0 bridgehead atoms. The minimum atomic E-state index is -0.876. The minimum Gasteiger partial charge on any atom is -0.480 e. The SMILES string of the molecule is CC(C)(C)c1cc(C[C@@H]2CCCC[C@H]2OCC(=O)O)cc(C(C)(C)C)c1. The van der Waals surface area contributed by atoms with Crippen LogP contribution in [-0.4, -0.2) is 23.8 Å². The number of carboxylic acids is 1. The highest BCUT2D eigenvalue weighted by Gasteiger charge is 2.28. The maximum atomic E-state index is 10.9. The lowest BCUT2D eigenvalue weighted by molar-refractivity contribution is -0.146. The quantitative estimate of drug-likeness (QED) is 0.756. The zero-order valence-electron chi connectivity index (χ0n) is 17.4. The first kappa shape index (κ1) is 21.0. The lowest BCUT2D eigenvalue weighted by atomic mass is 9.77. The van der Waals surface area contributed by atoms with Gasteiger partial charge in [0.2, 0.25) is 0 Å². The summed E-state index contributed by atoms with van der Waals surface area (Å²) in [5.41, 5.74) is 4.33. The smallest absolute Gasteiger partial charge is 0.329 e. The van der Waals surface area contributed by atoms with Gasteiger partial charge in [0.15, 0.2) is 0 Å². The molecule has 2 rings (SSSR count). The van der Waals surface area contributed by atoms with Crippen molar-refractivity contribution < 1.29 is 14.6 Å². The van der Waals surface area contributed by atoms with E-state index >= 15 is 0 Å². The van der Waals surface area contributed by atoms with Gasteiger partial charge in [0.25, 0.3) is 0 Å². The maximum absolute atomic E-state index is 10.9. The standard InChI is InChI=1S/C23H36O3/c1-22(2,3)18-12-16(13-19(14-18)23(4,5)6)11-17-9-7-8-10-20(17)26-15-21(24)25/h12-14,17,20H,7-11,15H2,1-6H3,(H,24,25)/t17-,20+/m0/s1. The molecular weight excluding hydrogens is 324 g/mol. The van der Waals surface area contributed by atoms with Crippen molar-refractivity contribution in [2.75, 3.05) is 6.61 Å². The van der Waals surface area contributed by atoms with E-state index in [4.69, 9.17) is 9.84 Å². The average Bonchev–Trinajstić information content (AvgIpc) is 2.52. The molecular formula is C23H36O3. The van der Waals surface area contributed by atoms with Gasteiger partial charge in [-0.15, -0.1) is 0 Å². The number of carboxylic acid groups (broad SMARTS) is 1. The Hall–Kier alpha value is -1.35. The molecule has 2 atom stereocenters. The zero-order valence-corrected chi connectivity index (χ0v) is 17.4. The Balaban J connectivity index is 2.27. The monoisotopic (exact) mass is 360 g/mol. The summed E-state index contributed by atoms with van der Waals surface area (Å²) >= 11 is 0. The highest BCUT2D eigenvalue weighted by Crippen LogP contribution is 2.34. The summed E-state index contributed by atoms with van der Waals surface area (Å²) in [6.07, 6.45) is 5.48. The van der Waals surface area contributed by atoms with E-state index in [2.05, 4.69) is 59.7 Å². The molecule has 146 valence electrons. The van der Waals surface area contributed by atoms with E-state index in [1.54, 1.807) is 0 Å². The fraction of sp³-hybridized carbons (Fsp3) is 0.696. The maximum Gasteiger partial charge on any atom is 0.329 e. The first-order valence-corrected chi connectivity index (χ1v) is 9.95. The first-order chi connectivity index (χ1) is 12.0. The topological polar surface area (TPSA) is 46.5 Å². The third kappa shape index (κ3) is 5.84. The van der Waals surface area contributed by atoms with Crippen molar-refractivity contribution in [2.45, 2.75) is 90.6 Å². The van der Waals surface area contributed by atoms with Crippen molar-refractivity contribution in [1.29, 1.82) is 0 Å². The Morgan fingerprint density at radius 2 is 1.54 bits per heavy atom. The summed E-state index contributed by atoms with van der Waals surface area (Å²) in [6.45, 7) is 13.4. The average molecular weight is 361 g/mol. The second kappa shape index (κ2) is 8.12. The number of hydrogen-bond acceptors (Lipinski definition) is 2. The van der Waals surface area contributed by atoms with Crippen molar-refractivity contribution >= 4 is 5.97 Å². The Kier molecular flexibility index (Phi) is 6.55. The molecule has 1 fully saturated rings. The first-order valence-electron chi connectivity index (χ1n) is 9.95. The van der Waals surface area contributed by atoms with E-state index in [1.165, 1.54) is 23.1 Å². The van der Waals surface area contributed by atoms with E-state index in [0.717, 1.165) is 25.7 Å². The van der Waals surface area contributed by atoms with Crippen LogP contribution in [-0.2, 0) is 26.8 Å². The van der Waals surface area contributed by atoms with E-state index in [0.29, 0.717) is 5.92 Å². The molecule has 26 heavy (non-hydrogen) atoms. The van der Waals surface area contributed by atoms with Crippen molar-refractivity contribution in [3.05, 3.63) is 34.9 Å². The van der Waals surface area contributed by atoms with Crippen LogP contribution in [0.5, 0.6) is 0 Å². The van der Waals surface area contributed by atoms with Gasteiger partial charge in [-0.05, 0) is 52.7 Å². The molecule has 1 aromatic carbocycles. The van der Waals surface area contributed by atoms with Crippen molar-refractivity contribution in [2.24, 2.45) is 5.92 Å². The molecule has 3 nitrogen and oxygen atoms in total. The Bertz CT molecular complexity index is 587. The lowest BCUT2D eigenvalue weighted by Crippen LogP contribution is -2.31. The molecule has 0 aromatic heterocycles. The van der Waals surface area contributed by atoms with Crippen LogP contribution in [0.1, 0.15) is 83.9 Å². The second-order valence-electron chi connectivity index (χ2n) is 9.91.